The van der Waals surface area contributed by atoms with Crippen LogP contribution in [-0.2, 0) is 17.7 Å². The van der Waals surface area contributed by atoms with Crippen molar-refractivity contribution < 1.29 is 18.6 Å². The molecule has 19 heavy (non-hydrogen) atoms. The van der Waals surface area contributed by atoms with Crippen LogP contribution in [0.15, 0.2) is 0 Å². The first-order chi connectivity index (χ1) is 8.93. The number of ether oxygens (including phenoxy) is 1. The van der Waals surface area contributed by atoms with Crippen LogP contribution < -0.4 is 0 Å². The van der Waals surface area contributed by atoms with E-state index in [0.29, 0.717) is 12.2 Å². The molecule has 0 aliphatic heterocycles. The van der Waals surface area contributed by atoms with Crippen molar-refractivity contribution in [2.24, 2.45) is 0 Å². The van der Waals surface area contributed by atoms with Crippen molar-refractivity contribution in [3.8, 4) is 0 Å². The fourth-order valence-corrected chi connectivity index (χ4v) is 1.58. The van der Waals surface area contributed by atoms with Gasteiger partial charge in [0.25, 0.3) is 6.43 Å². The number of hydrogen-bond acceptors (Lipinski definition) is 4. The number of aliphatic hydroxyl groups is 1. The SMILES string of the molecule is CCCc1nc(C(F)F)n(C[C@@H](O)COC(C)C)n1. The van der Waals surface area contributed by atoms with E-state index in [2.05, 4.69) is 10.1 Å². The van der Waals surface area contributed by atoms with E-state index in [9.17, 15) is 13.9 Å². The fourth-order valence-electron chi connectivity index (χ4n) is 1.58. The molecule has 1 aromatic heterocycles. The van der Waals surface area contributed by atoms with Gasteiger partial charge in [-0.15, -0.1) is 0 Å². The molecule has 0 fully saturated rings. The predicted molar refractivity (Wildman–Crippen MR) is 66.1 cm³/mol. The Hall–Kier alpha value is -1.08. The summed E-state index contributed by atoms with van der Waals surface area (Å²) in [6.45, 7) is 5.65. The largest absolute Gasteiger partial charge is 0.389 e. The van der Waals surface area contributed by atoms with Crippen molar-refractivity contribution >= 4 is 0 Å². The predicted octanol–water partition coefficient (Wildman–Crippen LogP) is 1.95. The second-order valence-corrected chi connectivity index (χ2v) is 4.65. The summed E-state index contributed by atoms with van der Waals surface area (Å²) in [5.41, 5.74) is 0. The lowest BCUT2D eigenvalue weighted by molar-refractivity contribution is -0.00372. The van der Waals surface area contributed by atoms with Gasteiger partial charge in [-0.1, -0.05) is 6.92 Å². The van der Waals surface area contributed by atoms with Gasteiger partial charge in [-0.05, 0) is 20.3 Å². The van der Waals surface area contributed by atoms with Crippen LogP contribution in [0.1, 0.15) is 45.3 Å². The van der Waals surface area contributed by atoms with Crippen LogP contribution in [0.25, 0.3) is 0 Å². The molecule has 1 aromatic rings. The minimum Gasteiger partial charge on any atom is -0.389 e. The molecule has 0 aliphatic carbocycles. The Morgan fingerprint density at radius 2 is 2.05 bits per heavy atom. The standard InChI is InChI=1S/C12H21F2N3O2/c1-4-5-10-15-12(11(13)14)17(16-10)6-9(18)7-19-8(2)3/h8-9,11,18H,4-7H2,1-3H3/t9-/m1/s1. The van der Waals surface area contributed by atoms with Crippen molar-refractivity contribution in [1.29, 1.82) is 0 Å². The van der Waals surface area contributed by atoms with E-state index in [-0.39, 0.29) is 19.3 Å². The second kappa shape index (κ2) is 7.49. The van der Waals surface area contributed by atoms with Gasteiger partial charge in [0.1, 0.15) is 0 Å². The first-order valence-electron chi connectivity index (χ1n) is 6.45. The highest BCUT2D eigenvalue weighted by Crippen LogP contribution is 2.17. The summed E-state index contributed by atoms with van der Waals surface area (Å²) in [6, 6.07) is 0. The average molecular weight is 277 g/mol. The van der Waals surface area contributed by atoms with Crippen molar-refractivity contribution in [3.63, 3.8) is 0 Å². The Morgan fingerprint density at radius 3 is 2.58 bits per heavy atom. The van der Waals surface area contributed by atoms with Crippen LogP contribution in [-0.4, -0.2) is 38.7 Å². The van der Waals surface area contributed by atoms with Crippen LogP contribution in [0.4, 0.5) is 8.78 Å². The van der Waals surface area contributed by atoms with E-state index in [1.807, 2.05) is 20.8 Å². The number of aromatic nitrogens is 3. The maximum atomic E-state index is 12.8. The zero-order chi connectivity index (χ0) is 14.4. The smallest absolute Gasteiger partial charge is 0.297 e. The minimum absolute atomic E-state index is 0.0179. The number of aryl methyl sites for hydroxylation is 1. The first kappa shape index (κ1) is 16.0. The number of aliphatic hydroxyl groups excluding tert-OH is 1. The lowest BCUT2D eigenvalue weighted by Crippen LogP contribution is -2.25. The monoisotopic (exact) mass is 277 g/mol. The Bertz CT molecular complexity index is 383. The first-order valence-corrected chi connectivity index (χ1v) is 6.45. The number of halogens is 2. The topological polar surface area (TPSA) is 60.2 Å². The molecule has 1 N–H and O–H groups in total. The Balaban J connectivity index is 2.69. The fraction of sp³-hybridized carbons (Fsp3) is 0.833. The molecule has 7 heteroatoms. The number of rotatable bonds is 8. The van der Waals surface area contributed by atoms with Crippen molar-refractivity contribution in [1.82, 2.24) is 14.8 Å². The molecule has 1 atom stereocenters. The molecule has 0 unspecified atom stereocenters. The Labute approximate surface area is 111 Å². The van der Waals surface area contributed by atoms with Gasteiger partial charge >= 0.3 is 0 Å². The summed E-state index contributed by atoms with van der Waals surface area (Å²) in [4.78, 5) is 3.80. The molecule has 0 spiro atoms. The van der Waals surface area contributed by atoms with Crippen molar-refractivity contribution in [2.75, 3.05) is 6.61 Å². The van der Waals surface area contributed by atoms with Gasteiger partial charge in [0.2, 0.25) is 0 Å². The molecule has 0 amide bonds. The summed E-state index contributed by atoms with van der Waals surface area (Å²) < 4.78 is 31.9. The quantitative estimate of drug-likeness (QED) is 0.789. The van der Waals surface area contributed by atoms with Crippen LogP contribution in [0.3, 0.4) is 0 Å². The number of alkyl halides is 2. The van der Waals surface area contributed by atoms with Gasteiger partial charge in [-0.3, -0.25) is 0 Å². The van der Waals surface area contributed by atoms with Gasteiger partial charge in [0.15, 0.2) is 11.6 Å². The number of nitrogens with zero attached hydrogens (tertiary/aromatic N) is 3. The Morgan fingerprint density at radius 1 is 1.37 bits per heavy atom. The van der Waals surface area contributed by atoms with Gasteiger partial charge in [-0.25, -0.2) is 18.4 Å². The molecule has 0 aliphatic rings. The van der Waals surface area contributed by atoms with Crippen molar-refractivity contribution in [2.45, 2.75) is 58.8 Å². The third-order valence-electron chi connectivity index (χ3n) is 2.42. The molecule has 0 saturated carbocycles. The summed E-state index contributed by atoms with van der Waals surface area (Å²) in [6.07, 6.45) is -2.26. The molecule has 0 saturated heterocycles. The van der Waals surface area contributed by atoms with Crippen molar-refractivity contribution in [3.05, 3.63) is 11.6 Å². The van der Waals surface area contributed by atoms with Crippen LogP contribution in [0, 0.1) is 0 Å². The third-order valence-corrected chi connectivity index (χ3v) is 2.42. The van der Waals surface area contributed by atoms with Crippen LogP contribution >= 0.6 is 0 Å². The molecular formula is C12H21F2N3O2. The molecular weight excluding hydrogens is 256 g/mol. The summed E-state index contributed by atoms with van der Waals surface area (Å²) in [5, 5.41) is 13.7. The lowest BCUT2D eigenvalue weighted by Gasteiger charge is -2.14. The summed E-state index contributed by atoms with van der Waals surface area (Å²) in [7, 11) is 0. The van der Waals surface area contributed by atoms with E-state index >= 15 is 0 Å². The maximum absolute atomic E-state index is 12.8. The zero-order valence-electron chi connectivity index (χ0n) is 11.5. The normalized spacial score (nSPS) is 13.5. The molecule has 0 bridgehead atoms. The summed E-state index contributed by atoms with van der Waals surface area (Å²) >= 11 is 0. The van der Waals surface area contributed by atoms with E-state index in [1.165, 1.54) is 0 Å². The highest BCUT2D eigenvalue weighted by atomic mass is 19.3. The Kier molecular flexibility index (Phi) is 6.30. The van der Waals surface area contributed by atoms with E-state index in [1.54, 1.807) is 0 Å². The van der Waals surface area contributed by atoms with E-state index < -0.39 is 18.4 Å². The average Bonchev–Trinajstić information content (AvgIpc) is 2.70. The van der Waals surface area contributed by atoms with E-state index in [0.717, 1.165) is 11.1 Å². The van der Waals surface area contributed by atoms with E-state index in [4.69, 9.17) is 4.74 Å². The highest BCUT2D eigenvalue weighted by Gasteiger charge is 2.20. The molecule has 5 nitrogen and oxygen atoms in total. The molecule has 110 valence electrons. The minimum atomic E-state index is -2.70. The number of hydrogen-bond donors (Lipinski definition) is 1. The van der Waals surface area contributed by atoms with Gasteiger partial charge < -0.3 is 9.84 Å². The van der Waals surface area contributed by atoms with Gasteiger partial charge in [0.05, 0.1) is 25.4 Å². The third kappa shape index (κ3) is 5.20. The van der Waals surface area contributed by atoms with Crippen LogP contribution in [0.2, 0.25) is 0 Å². The zero-order valence-corrected chi connectivity index (χ0v) is 11.5. The van der Waals surface area contributed by atoms with Gasteiger partial charge in [-0.2, -0.15) is 5.10 Å². The van der Waals surface area contributed by atoms with Gasteiger partial charge in [0, 0.05) is 6.42 Å². The molecule has 1 heterocycles. The summed E-state index contributed by atoms with van der Waals surface area (Å²) in [5.74, 6) is -0.0122. The van der Waals surface area contributed by atoms with Crippen LogP contribution in [0.5, 0.6) is 0 Å². The molecule has 0 aromatic carbocycles. The molecule has 0 radical (unpaired) electrons. The maximum Gasteiger partial charge on any atom is 0.297 e. The molecule has 1 rings (SSSR count). The second-order valence-electron chi connectivity index (χ2n) is 4.65. The highest BCUT2D eigenvalue weighted by molar-refractivity contribution is 4.95. The lowest BCUT2D eigenvalue weighted by atomic mass is 10.3.